The van der Waals surface area contributed by atoms with Crippen molar-refractivity contribution in [3.05, 3.63) is 50.8 Å². The molecule has 2 aromatic rings. The summed E-state index contributed by atoms with van der Waals surface area (Å²) in [4.78, 5) is 0.182. The highest BCUT2D eigenvalue weighted by Gasteiger charge is 2.42. The summed E-state index contributed by atoms with van der Waals surface area (Å²) in [5.41, 5.74) is -0.629. The highest BCUT2D eigenvalue weighted by Crippen LogP contribution is 2.46. The summed E-state index contributed by atoms with van der Waals surface area (Å²) in [6, 6.07) is 8.65. The van der Waals surface area contributed by atoms with Crippen LogP contribution in [-0.4, -0.2) is 13.0 Å². The Bertz CT molecular complexity index is 752. The molecule has 0 aliphatic heterocycles. The van der Waals surface area contributed by atoms with E-state index in [0.717, 1.165) is 5.56 Å². The molecule has 114 valence electrons. The van der Waals surface area contributed by atoms with Crippen LogP contribution in [0.15, 0.2) is 39.0 Å². The van der Waals surface area contributed by atoms with Crippen molar-refractivity contribution in [1.82, 2.24) is 0 Å². The summed E-state index contributed by atoms with van der Waals surface area (Å²) in [5.74, 6) is 0. The highest BCUT2D eigenvalue weighted by atomic mass is 79.9. The number of hydrogen-bond donors (Lipinski definition) is 1. The molecule has 0 fully saturated rings. The smallest absolute Gasteiger partial charge is 0.281 e. The molecule has 2 rings (SSSR count). The van der Waals surface area contributed by atoms with Gasteiger partial charge in [0.15, 0.2) is 4.21 Å². The number of rotatable bonds is 3. The zero-order chi connectivity index (χ0) is 15.8. The number of halogens is 4. The lowest BCUT2D eigenvalue weighted by atomic mass is 10.1. The zero-order valence-electron chi connectivity index (χ0n) is 10.2. The Morgan fingerprint density at radius 3 is 2.19 bits per heavy atom. The highest BCUT2D eigenvalue weighted by molar-refractivity contribution is 9.10. The fourth-order valence-corrected chi connectivity index (χ4v) is 4.99. The first-order valence-electron chi connectivity index (χ1n) is 5.50. The van der Waals surface area contributed by atoms with E-state index in [-0.39, 0.29) is 15.8 Å². The van der Waals surface area contributed by atoms with Crippen molar-refractivity contribution in [2.75, 3.05) is 0 Å². The molecular weight excluding hydrogens is 393 g/mol. The molecule has 0 aliphatic rings. The van der Waals surface area contributed by atoms with Crippen LogP contribution < -0.4 is 0 Å². The predicted octanol–water partition coefficient (Wildman–Crippen LogP) is 4.37. The third-order valence-corrected chi connectivity index (χ3v) is 6.29. The summed E-state index contributed by atoms with van der Waals surface area (Å²) >= 11 is 3.21. The van der Waals surface area contributed by atoms with Gasteiger partial charge in [-0.15, -0.1) is 11.3 Å². The van der Waals surface area contributed by atoms with Crippen molar-refractivity contribution in [2.45, 2.75) is 16.8 Å². The van der Waals surface area contributed by atoms with Crippen LogP contribution in [0.25, 0.3) is 0 Å². The minimum absolute atomic E-state index is 0.130. The van der Waals surface area contributed by atoms with E-state index in [9.17, 15) is 21.6 Å². The van der Waals surface area contributed by atoms with Crippen molar-refractivity contribution in [3.63, 3.8) is 0 Å². The summed E-state index contributed by atoms with van der Waals surface area (Å²) < 4.78 is 68.9. The summed E-state index contributed by atoms with van der Waals surface area (Å²) in [7, 11) is -4.94. The van der Waals surface area contributed by atoms with Gasteiger partial charge in [0.2, 0.25) is 0 Å². The topological polar surface area (TPSA) is 54.4 Å². The summed E-state index contributed by atoms with van der Waals surface area (Å²) in [5, 5.41) is 0. The van der Waals surface area contributed by atoms with Crippen LogP contribution in [0.2, 0.25) is 0 Å². The van der Waals surface area contributed by atoms with Crippen LogP contribution >= 0.6 is 27.3 Å². The molecule has 0 spiro atoms. The van der Waals surface area contributed by atoms with Crippen LogP contribution in [0.5, 0.6) is 0 Å². The molecule has 0 aliphatic carbocycles. The van der Waals surface area contributed by atoms with Crippen molar-refractivity contribution < 1.29 is 26.1 Å². The molecular formula is C12H8BrF3O3S2. The van der Waals surface area contributed by atoms with Crippen molar-refractivity contribution >= 4 is 37.4 Å². The van der Waals surface area contributed by atoms with Gasteiger partial charge < -0.3 is 0 Å². The SMILES string of the molecule is O=S(=O)(O)c1sc(Cc2ccccc2)c(Br)c1C(F)(F)F. The third kappa shape index (κ3) is 3.65. The first-order chi connectivity index (χ1) is 9.60. The van der Waals surface area contributed by atoms with Crippen LogP contribution in [0.4, 0.5) is 13.2 Å². The van der Waals surface area contributed by atoms with Crippen molar-refractivity contribution in [2.24, 2.45) is 0 Å². The van der Waals surface area contributed by atoms with E-state index in [1.165, 1.54) is 0 Å². The fourth-order valence-electron chi connectivity index (χ4n) is 1.75. The average Bonchev–Trinajstić information content (AvgIpc) is 2.68. The van der Waals surface area contributed by atoms with E-state index in [2.05, 4.69) is 15.9 Å². The first-order valence-corrected chi connectivity index (χ1v) is 8.55. The maximum Gasteiger partial charge on any atom is 0.419 e. The first kappa shape index (κ1) is 16.5. The van der Waals surface area contributed by atoms with Gasteiger partial charge in [-0.25, -0.2) is 0 Å². The molecule has 0 saturated heterocycles. The maximum absolute atomic E-state index is 13.0. The van der Waals surface area contributed by atoms with Crippen LogP contribution in [0, 0.1) is 0 Å². The second-order valence-corrected chi connectivity index (χ2v) is 7.65. The fraction of sp³-hybridized carbons (Fsp3) is 0.167. The largest absolute Gasteiger partial charge is 0.419 e. The van der Waals surface area contributed by atoms with E-state index in [1.54, 1.807) is 30.3 Å². The van der Waals surface area contributed by atoms with Gasteiger partial charge in [-0.1, -0.05) is 30.3 Å². The minimum atomic E-state index is -4.94. The molecule has 0 radical (unpaired) electrons. The second kappa shape index (κ2) is 5.71. The second-order valence-electron chi connectivity index (χ2n) is 4.14. The van der Waals surface area contributed by atoms with Crippen LogP contribution in [0.1, 0.15) is 16.0 Å². The van der Waals surface area contributed by atoms with E-state index in [0.29, 0.717) is 11.3 Å². The molecule has 9 heteroatoms. The summed E-state index contributed by atoms with van der Waals surface area (Å²) in [6.45, 7) is 0. The van der Waals surface area contributed by atoms with Crippen molar-refractivity contribution in [3.8, 4) is 0 Å². The Kier molecular flexibility index (Phi) is 4.48. The van der Waals surface area contributed by atoms with E-state index < -0.39 is 26.1 Å². The Hall–Kier alpha value is -0.900. The van der Waals surface area contributed by atoms with Gasteiger partial charge in [0.25, 0.3) is 0 Å². The Balaban J connectivity index is 2.57. The molecule has 0 unspecified atom stereocenters. The van der Waals surface area contributed by atoms with Crippen LogP contribution in [0.3, 0.4) is 0 Å². The average molecular weight is 401 g/mol. The predicted molar refractivity (Wildman–Crippen MR) is 76.1 cm³/mol. The lowest BCUT2D eigenvalue weighted by Crippen LogP contribution is -2.10. The molecule has 0 amide bonds. The van der Waals surface area contributed by atoms with Gasteiger partial charge in [-0.3, -0.25) is 4.55 Å². The molecule has 1 N–H and O–H groups in total. The van der Waals surface area contributed by atoms with E-state index in [1.807, 2.05) is 0 Å². The number of benzene rings is 1. The lowest BCUT2D eigenvalue weighted by Gasteiger charge is -2.07. The van der Waals surface area contributed by atoms with E-state index in [4.69, 9.17) is 4.55 Å². The lowest BCUT2D eigenvalue weighted by molar-refractivity contribution is -0.140. The Morgan fingerprint density at radius 2 is 1.76 bits per heavy atom. The molecule has 0 atom stereocenters. The van der Waals surface area contributed by atoms with Gasteiger partial charge in [0.05, 0.1) is 0 Å². The molecule has 21 heavy (non-hydrogen) atoms. The standard InChI is InChI=1S/C12H8BrF3O3S2/c13-10-8(6-7-4-2-1-3-5-7)20-11(21(17,18)19)9(10)12(14,15)16/h1-5H,6H2,(H,17,18,19). The number of alkyl halides is 3. The van der Waals surface area contributed by atoms with Gasteiger partial charge in [0, 0.05) is 15.8 Å². The normalized spacial score (nSPS) is 12.6. The molecule has 3 nitrogen and oxygen atoms in total. The van der Waals surface area contributed by atoms with Crippen LogP contribution in [-0.2, 0) is 22.7 Å². The number of hydrogen-bond acceptors (Lipinski definition) is 3. The summed E-state index contributed by atoms with van der Waals surface area (Å²) in [6.07, 6.45) is -4.75. The van der Waals surface area contributed by atoms with Crippen molar-refractivity contribution in [1.29, 1.82) is 0 Å². The molecule has 0 bridgehead atoms. The Morgan fingerprint density at radius 1 is 1.19 bits per heavy atom. The van der Waals surface area contributed by atoms with Gasteiger partial charge in [0.1, 0.15) is 5.56 Å². The quantitative estimate of drug-likeness (QED) is 0.778. The molecule has 0 saturated carbocycles. The zero-order valence-corrected chi connectivity index (χ0v) is 13.4. The molecule has 1 heterocycles. The minimum Gasteiger partial charge on any atom is -0.281 e. The maximum atomic E-state index is 13.0. The molecule has 1 aromatic heterocycles. The van der Waals surface area contributed by atoms with Gasteiger partial charge in [-0.05, 0) is 21.5 Å². The molecule has 1 aromatic carbocycles. The monoisotopic (exact) mass is 400 g/mol. The van der Waals surface area contributed by atoms with Gasteiger partial charge >= 0.3 is 16.3 Å². The Labute approximate surface area is 131 Å². The third-order valence-electron chi connectivity index (χ3n) is 2.61. The number of thiophene rings is 1. The van der Waals surface area contributed by atoms with Gasteiger partial charge in [-0.2, -0.15) is 21.6 Å². The van der Waals surface area contributed by atoms with E-state index >= 15 is 0 Å².